The summed E-state index contributed by atoms with van der Waals surface area (Å²) in [5, 5.41) is 25.3. The largest absolute Gasteiger partial charge is 0.461 e. The molecule has 2 aliphatic carbocycles. The molecule has 43 heavy (non-hydrogen) atoms. The number of nitrogens with two attached hydrogens (primary N) is 1. The molecule has 1 saturated carbocycles. The predicted molar refractivity (Wildman–Crippen MR) is 154 cm³/mol. The predicted octanol–water partition coefficient (Wildman–Crippen LogP) is 2.85. The third kappa shape index (κ3) is 4.38. The first-order chi connectivity index (χ1) is 20.8. The zero-order valence-corrected chi connectivity index (χ0v) is 24.8. The van der Waals surface area contributed by atoms with E-state index in [0.717, 1.165) is 62.1 Å². The molecule has 12 nitrogen and oxygen atoms in total. The number of rotatable bonds is 6. The van der Waals surface area contributed by atoms with Crippen LogP contribution in [0.2, 0.25) is 0 Å². The van der Waals surface area contributed by atoms with Crippen molar-refractivity contribution in [1.29, 1.82) is 5.26 Å². The number of nitrogens with zero attached hydrogens (tertiary/aromatic N) is 8. The second kappa shape index (κ2) is 9.80. The Hall–Kier alpha value is -3.41. The average molecular weight is 608 g/mol. The van der Waals surface area contributed by atoms with Gasteiger partial charge in [-0.05, 0) is 63.8 Å². The summed E-state index contributed by atoms with van der Waals surface area (Å²) in [6.07, 6.45) is 4.47. The third-order valence-corrected chi connectivity index (χ3v) is 11.4. The van der Waals surface area contributed by atoms with Crippen LogP contribution in [0.1, 0.15) is 67.3 Å². The van der Waals surface area contributed by atoms with Gasteiger partial charge in [0.15, 0.2) is 0 Å². The molecule has 2 unspecified atom stereocenters. The number of aliphatic hydroxyl groups excluding tert-OH is 1. The molecule has 3 aromatic rings. The number of ether oxygens (including phenoxy) is 1. The maximum atomic E-state index is 14.4. The summed E-state index contributed by atoms with van der Waals surface area (Å²) in [7, 11) is 0. The number of anilines is 2. The number of hydrogen-bond donors (Lipinski definition) is 2. The number of alkyl halides is 1. The van der Waals surface area contributed by atoms with Gasteiger partial charge in [0.05, 0.1) is 22.6 Å². The van der Waals surface area contributed by atoms with Crippen LogP contribution in [0, 0.1) is 23.2 Å². The third-order valence-electron chi connectivity index (χ3n) is 10.3. The van der Waals surface area contributed by atoms with Crippen LogP contribution in [0.3, 0.4) is 0 Å². The number of β-amino-alcohol motifs (C(OH)–C–C–N with tert-alkyl or cyclic N) is 1. The Bertz CT molecular complexity index is 1620. The van der Waals surface area contributed by atoms with Crippen molar-refractivity contribution < 1.29 is 18.8 Å². The summed E-state index contributed by atoms with van der Waals surface area (Å²) in [5.41, 5.74) is 6.51. The van der Waals surface area contributed by atoms with E-state index >= 15 is 0 Å². The lowest BCUT2D eigenvalue weighted by atomic mass is 9.72. The number of nitrogen functional groups attached to an aromatic ring is 1. The number of aromatic nitrogens is 5. The number of hydrogen-bond acceptors (Lipinski definition) is 13. The van der Waals surface area contributed by atoms with Crippen LogP contribution in [0.25, 0.3) is 11.6 Å². The molecule has 3 aromatic heterocycles. The molecule has 0 bridgehead atoms. The van der Waals surface area contributed by atoms with E-state index in [1.165, 1.54) is 11.3 Å². The van der Waals surface area contributed by atoms with E-state index in [2.05, 4.69) is 26.1 Å². The molecule has 0 amide bonds. The second-order valence-corrected chi connectivity index (χ2v) is 14.2. The van der Waals surface area contributed by atoms with Gasteiger partial charge in [0, 0.05) is 36.5 Å². The highest BCUT2D eigenvalue weighted by Gasteiger charge is 2.50. The van der Waals surface area contributed by atoms with Crippen LogP contribution in [-0.2, 0) is 11.8 Å². The van der Waals surface area contributed by atoms with Crippen molar-refractivity contribution in [3.63, 3.8) is 0 Å². The SMILES string of the molecule is C[C@]1(c2nc(-c3nc(OC[C@@]45CCCN4C[C@H](F)C5)nc(N4CC(O)C5C[C@H]5C4)n3)no2)CCCc2sc(N)c(C#N)c21. The lowest BCUT2D eigenvalue weighted by molar-refractivity contribution is 0.107. The first-order valence-corrected chi connectivity index (χ1v) is 16.0. The summed E-state index contributed by atoms with van der Waals surface area (Å²) in [5.74, 6) is 1.88. The number of aryl methyl sites for hydroxylation is 1. The molecule has 4 fully saturated rings. The number of aliphatic hydroxyl groups is 1. The summed E-state index contributed by atoms with van der Waals surface area (Å²) in [6, 6.07) is 2.39. The van der Waals surface area contributed by atoms with Crippen molar-refractivity contribution in [2.45, 2.75) is 75.1 Å². The van der Waals surface area contributed by atoms with Gasteiger partial charge in [-0.25, -0.2) is 4.39 Å². The molecule has 3 saturated heterocycles. The minimum absolute atomic E-state index is 0.117. The number of thiophene rings is 1. The van der Waals surface area contributed by atoms with Gasteiger partial charge in [-0.1, -0.05) is 5.16 Å². The number of halogens is 1. The normalized spacial score (nSPS) is 33.1. The van der Waals surface area contributed by atoms with Gasteiger partial charge in [0.25, 0.3) is 0 Å². The fraction of sp³-hybridized carbons (Fsp3) is 0.655. The maximum absolute atomic E-state index is 14.4. The minimum atomic E-state index is -0.866. The Balaban J connectivity index is 1.14. The Kier molecular flexibility index (Phi) is 6.19. The van der Waals surface area contributed by atoms with Crippen molar-refractivity contribution >= 4 is 22.3 Å². The molecule has 3 aliphatic heterocycles. The Labute approximate surface area is 252 Å². The van der Waals surface area contributed by atoms with Crippen molar-refractivity contribution in [3.05, 3.63) is 21.9 Å². The lowest BCUT2D eigenvalue weighted by Crippen LogP contribution is -2.44. The number of piperidine rings is 1. The van der Waals surface area contributed by atoms with E-state index in [4.69, 9.17) is 25.0 Å². The average Bonchev–Trinajstić information content (AvgIpc) is 3.27. The highest BCUT2D eigenvalue weighted by molar-refractivity contribution is 7.16. The van der Waals surface area contributed by atoms with Crippen molar-refractivity contribution in [2.24, 2.45) is 11.8 Å². The van der Waals surface area contributed by atoms with Crippen LogP contribution in [0.4, 0.5) is 15.3 Å². The van der Waals surface area contributed by atoms with Crippen LogP contribution in [0.15, 0.2) is 4.52 Å². The van der Waals surface area contributed by atoms with Crippen molar-refractivity contribution in [2.75, 3.05) is 43.4 Å². The van der Waals surface area contributed by atoms with Gasteiger partial charge in [0.1, 0.15) is 23.8 Å². The van der Waals surface area contributed by atoms with E-state index in [1.807, 2.05) is 11.8 Å². The standard InChI is InChI=1S/C29H34FN9O3S/c1-28(5-2-4-20-21(28)18(10-31)22(32)43-20)25-33-24(37-42-25)23-34-26(38-11-15-8-17(15)19(40)13-38)36-27(35-23)41-14-29-6-3-7-39(29)12-16(30)9-29/h15-17,19,40H,2-9,11-14,32H2,1H3/t15-,16+,17?,19?,28-,29-/m0/s1. The second-order valence-electron chi connectivity index (χ2n) is 13.1. The Morgan fingerprint density at radius 3 is 2.91 bits per heavy atom. The van der Waals surface area contributed by atoms with Gasteiger partial charge in [-0.2, -0.15) is 25.2 Å². The zero-order chi connectivity index (χ0) is 29.5. The molecule has 226 valence electrons. The van der Waals surface area contributed by atoms with E-state index < -0.39 is 17.7 Å². The summed E-state index contributed by atoms with van der Waals surface area (Å²) in [4.78, 5) is 24.0. The molecule has 3 N–H and O–H groups in total. The lowest BCUT2D eigenvalue weighted by Gasteiger charge is -2.31. The molecule has 0 aromatic carbocycles. The molecular weight excluding hydrogens is 573 g/mol. The highest BCUT2D eigenvalue weighted by Crippen LogP contribution is 2.49. The van der Waals surface area contributed by atoms with E-state index in [0.29, 0.717) is 53.7 Å². The van der Waals surface area contributed by atoms with Crippen LogP contribution in [0.5, 0.6) is 6.01 Å². The highest BCUT2D eigenvalue weighted by atomic mass is 32.1. The summed E-state index contributed by atoms with van der Waals surface area (Å²) < 4.78 is 26.5. The molecule has 14 heteroatoms. The number of fused-ring (bicyclic) bond motifs is 3. The van der Waals surface area contributed by atoms with Gasteiger partial charge in [-0.3, -0.25) is 4.90 Å². The van der Waals surface area contributed by atoms with Crippen molar-refractivity contribution in [1.82, 2.24) is 30.0 Å². The molecule has 5 aliphatic rings. The van der Waals surface area contributed by atoms with E-state index in [-0.39, 0.29) is 29.8 Å². The molecular formula is C29H34FN9O3S. The first kappa shape index (κ1) is 27.2. The zero-order valence-electron chi connectivity index (χ0n) is 24.0. The molecule has 8 rings (SSSR count). The van der Waals surface area contributed by atoms with Gasteiger partial charge in [0.2, 0.25) is 23.5 Å². The quantitative estimate of drug-likeness (QED) is 0.422. The molecule has 0 radical (unpaired) electrons. The first-order valence-electron chi connectivity index (χ1n) is 15.1. The van der Waals surface area contributed by atoms with Crippen LogP contribution >= 0.6 is 11.3 Å². The minimum Gasteiger partial charge on any atom is -0.461 e. The summed E-state index contributed by atoms with van der Waals surface area (Å²) in [6.45, 7) is 4.73. The van der Waals surface area contributed by atoms with Crippen LogP contribution in [-0.4, -0.2) is 85.7 Å². The topological polar surface area (TPSA) is 163 Å². The molecule has 6 atom stereocenters. The maximum Gasteiger partial charge on any atom is 0.321 e. The van der Waals surface area contributed by atoms with Gasteiger partial charge >= 0.3 is 6.01 Å². The smallest absolute Gasteiger partial charge is 0.321 e. The number of nitriles is 1. The van der Waals surface area contributed by atoms with Gasteiger partial charge < -0.3 is 25.0 Å². The Morgan fingerprint density at radius 2 is 2.07 bits per heavy atom. The monoisotopic (exact) mass is 607 g/mol. The fourth-order valence-corrected chi connectivity index (χ4v) is 9.17. The molecule has 6 heterocycles. The Morgan fingerprint density at radius 1 is 1.19 bits per heavy atom. The van der Waals surface area contributed by atoms with E-state index in [9.17, 15) is 14.8 Å². The fourth-order valence-electron chi connectivity index (χ4n) is 7.98. The van der Waals surface area contributed by atoms with Crippen LogP contribution < -0.4 is 15.4 Å². The summed E-state index contributed by atoms with van der Waals surface area (Å²) >= 11 is 1.45. The van der Waals surface area contributed by atoms with Crippen molar-refractivity contribution in [3.8, 4) is 23.7 Å². The molecule has 0 spiro atoms. The van der Waals surface area contributed by atoms with E-state index in [1.54, 1.807) is 0 Å². The van der Waals surface area contributed by atoms with Gasteiger partial charge in [-0.15, -0.1) is 11.3 Å².